The van der Waals surface area contributed by atoms with Crippen LogP contribution >= 0.6 is 24.2 Å². The SMILES string of the molecule is CCCC(C(=O)Nc1oc(-c2ccccc2)nc1-c1cccc(S)c1)c1ccc(Cl)cc1O. The zero-order valence-corrected chi connectivity index (χ0v) is 19.6. The van der Waals surface area contributed by atoms with Crippen molar-refractivity contribution in [3.63, 3.8) is 0 Å². The third kappa shape index (κ3) is 5.24. The molecule has 168 valence electrons. The highest BCUT2D eigenvalue weighted by Crippen LogP contribution is 2.36. The van der Waals surface area contributed by atoms with Gasteiger partial charge in [-0.25, -0.2) is 4.98 Å². The van der Waals surface area contributed by atoms with Gasteiger partial charge in [0.1, 0.15) is 11.4 Å². The predicted octanol–water partition coefficient (Wildman–Crippen LogP) is 7.18. The molecule has 4 rings (SSSR count). The molecule has 2 N–H and O–H groups in total. The molecule has 1 heterocycles. The van der Waals surface area contributed by atoms with Crippen molar-refractivity contribution in [3.8, 4) is 28.5 Å². The highest BCUT2D eigenvalue weighted by molar-refractivity contribution is 7.80. The number of carbonyl (C=O) groups excluding carboxylic acids is 1. The lowest BCUT2D eigenvalue weighted by Gasteiger charge is -2.17. The maximum Gasteiger partial charge on any atom is 0.234 e. The minimum absolute atomic E-state index is 0.0124. The number of halogens is 1. The lowest BCUT2D eigenvalue weighted by molar-refractivity contribution is -0.117. The number of rotatable bonds is 7. The number of oxazole rings is 1. The van der Waals surface area contributed by atoms with E-state index in [2.05, 4.69) is 22.9 Å². The highest BCUT2D eigenvalue weighted by atomic mass is 35.5. The molecule has 1 amide bonds. The number of phenols is 1. The molecule has 0 saturated heterocycles. The Morgan fingerprint density at radius 3 is 2.55 bits per heavy atom. The first-order valence-corrected chi connectivity index (χ1v) is 11.4. The smallest absolute Gasteiger partial charge is 0.234 e. The molecule has 0 aliphatic rings. The van der Waals surface area contributed by atoms with Gasteiger partial charge in [0.25, 0.3) is 0 Å². The molecule has 0 bridgehead atoms. The summed E-state index contributed by atoms with van der Waals surface area (Å²) in [7, 11) is 0. The van der Waals surface area contributed by atoms with Crippen LogP contribution in [0, 0.1) is 0 Å². The number of anilines is 1. The predicted molar refractivity (Wildman–Crippen MR) is 134 cm³/mol. The monoisotopic (exact) mass is 478 g/mol. The molecule has 33 heavy (non-hydrogen) atoms. The van der Waals surface area contributed by atoms with E-state index in [1.165, 1.54) is 6.07 Å². The van der Waals surface area contributed by atoms with E-state index in [1.54, 1.807) is 12.1 Å². The van der Waals surface area contributed by atoms with Crippen LogP contribution in [0.25, 0.3) is 22.7 Å². The Hall–Kier alpha value is -3.22. The second-order valence-corrected chi connectivity index (χ2v) is 8.60. The normalized spacial score (nSPS) is 11.8. The van der Waals surface area contributed by atoms with Gasteiger partial charge in [-0.05, 0) is 42.8 Å². The van der Waals surface area contributed by atoms with Crippen molar-refractivity contribution in [2.75, 3.05) is 5.32 Å². The average Bonchev–Trinajstić information content (AvgIpc) is 3.22. The number of nitrogens with one attached hydrogen (secondary N) is 1. The number of nitrogens with zero attached hydrogens (tertiary/aromatic N) is 1. The first kappa shape index (κ1) is 23.0. The topological polar surface area (TPSA) is 75.4 Å². The van der Waals surface area contributed by atoms with Crippen LogP contribution in [0.1, 0.15) is 31.2 Å². The molecule has 4 aromatic rings. The summed E-state index contributed by atoms with van der Waals surface area (Å²) in [5.74, 6) is -0.254. The van der Waals surface area contributed by atoms with E-state index in [-0.39, 0.29) is 17.5 Å². The van der Waals surface area contributed by atoms with Crippen molar-refractivity contribution >= 4 is 36.0 Å². The van der Waals surface area contributed by atoms with Crippen molar-refractivity contribution in [2.24, 2.45) is 0 Å². The Kier molecular flexibility index (Phi) is 7.06. The molecule has 1 atom stereocenters. The van der Waals surface area contributed by atoms with Gasteiger partial charge in [0.2, 0.25) is 17.7 Å². The zero-order chi connectivity index (χ0) is 23.4. The lowest BCUT2D eigenvalue weighted by Crippen LogP contribution is -2.21. The van der Waals surface area contributed by atoms with Crippen LogP contribution in [-0.4, -0.2) is 16.0 Å². The number of aromatic nitrogens is 1. The highest BCUT2D eigenvalue weighted by Gasteiger charge is 2.26. The van der Waals surface area contributed by atoms with Gasteiger partial charge in [0.15, 0.2) is 0 Å². The van der Waals surface area contributed by atoms with E-state index < -0.39 is 5.92 Å². The van der Waals surface area contributed by atoms with Crippen molar-refractivity contribution in [2.45, 2.75) is 30.6 Å². The van der Waals surface area contributed by atoms with E-state index in [0.717, 1.165) is 22.4 Å². The minimum Gasteiger partial charge on any atom is -0.508 e. The molecule has 0 spiro atoms. The van der Waals surface area contributed by atoms with Crippen molar-refractivity contribution in [1.82, 2.24) is 4.98 Å². The molecule has 0 fully saturated rings. The number of hydrogen-bond acceptors (Lipinski definition) is 5. The standard InChI is InChI=1S/C26H23ClN2O3S/c1-2-7-21(20-13-12-18(27)15-22(20)30)24(31)29-26-23(17-10-6-11-19(33)14-17)28-25(32-26)16-8-4-3-5-9-16/h3-6,8-15,21,30,33H,2,7H2,1H3,(H,29,31). The van der Waals surface area contributed by atoms with Gasteiger partial charge in [0, 0.05) is 26.6 Å². The van der Waals surface area contributed by atoms with Crippen LogP contribution in [0.5, 0.6) is 5.75 Å². The molecule has 0 radical (unpaired) electrons. The van der Waals surface area contributed by atoms with E-state index in [1.807, 2.05) is 61.5 Å². The maximum absolute atomic E-state index is 13.4. The molecular weight excluding hydrogens is 456 g/mol. The number of benzene rings is 3. The van der Waals surface area contributed by atoms with Gasteiger partial charge in [-0.15, -0.1) is 12.6 Å². The second kappa shape index (κ2) is 10.1. The Morgan fingerprint density at radius 2 is 1.85 bits per heavy atom. The Labute approximate surface area is 202 Å². The number of carbonyl (C=O) groups is 1. The third-order valence-corrected chi connectivity index (χ3v) is 5.78. The quantitative estimate of drug-likeness (QED) is 0.246. The Balaban J connectivity index is 1.73. The molecule has 3 aromatic carbocycles. The first-order chi connectivity index (χ1) is 16.0. The summed E-state index contributed by atoms with van der Waals surface area (Å²) in [4.78, 5) is 18.8. The Bertz CT molecular complexity index is 1270. The Morgan fingerprint density at radius 1 is 1.09 bits per heavy atom. The number of phenolic OH excluding ortho intramolecular Hbond substituents is 1. The molecule has 0 aliphatic heterocycles. The zero-order valence-electron chi connectivity index (χ0n) is 18.0. The van der Waals surface area contributed by atoms with Gasteiger partial charge < -0.3 is 9.52 Å². The average molecular weight is 479 g/mol. The van der Waals surface area contributed by atoms with Gasteiger partial charge in [-0.2, -0.15) is 0 Å². The molecule has 5 nitrogen and oxygen atoms in total. The van der Waals surface area contributed by atoms with Crippen molar-refractivity contribution in [1.29, 1.82) is 0 Å². The van der Waals surface area contributed by atoms with Crippen molar-refractivity contribution < 1.29 is 14.3 Å². The van der Waals surface area contributed by atoms with Crippen LogP contribution in [0.4, 0.5) is 5.88 Å². The van der Waals surface area contributed by atoms with Gasteiger partial charge in [-0.1, -0.05) is 61.3 Å². The lowest BCUT2D eigenvalue weighted by atomic mass is 9.92. The summed E-state index contributed by atoms with van der Waals surface area (Å²) in [5.41, 5.74) is 2.58. The van der Waals surface area contributed by atoms with Crippen LogP contribution in [-0.2, 0) is 4.79 Å². The summed E-state index contributed by atoms with van der Waals surface area (Å²) < 4.78 is 6.03. The fourth-order valence-electron chi connectivity index (χ4n) is 3.68. The van der Waals surface area contributed by atoms with Crippen LogP contribution in [0.2, 0.25) is 5.02 Å². The molecule has 1 unspecified atom stereocenters. The molecule has 0 aliphatic carbocycles. The fourth-order valence-corrected chi connectivity index (χ4v) is 4.08. The third-order valence-electron chi connectivity index (χ3n) is 5.27. The van der Waals surface area contributed by atoms with Gasteiger partial charge in [-0.3, -0.25) is 10.1 Å². The van der Waals surface area contributed by atoms with Gasteiger partial charge in [0.05, 0.1) is 5.92 Å². The largest absolute Gasteiger partial charge is 0.508 e. The first-order valence-electron chi connectivity index (χ1n) is 10.6. The summed E-state index contributed by atoms with van der Waals surface area (Å²) >= 11 is 10.4. The minimum atomic E-state index is -0.582. The second-order valence-electron chi connectivity index (χ2n) is 7.65. The summed E-state index contributed by atoms with van der Waals surface area (Å²) in [6.07, 6.45) is 1.29. The van der Waals surface area contributed by atoms with E-state index in [0.29, 0.717) is 28.6 Å². The van der Waals surface area contributed by atoms with E-state index in [9.17, 15) is 9.90 Å². The molecule has 1 aromatic heterocycles. The van der Waals surface area contributed by atoms with Crippen LogP contribution < -0.4 is 5.32 Å². The van der Waals surface area contributed by atoms with E-state index >= 15 is 0 Å². The summed E-state index contributed by atoms with van der Waals surface area (Å²) in [6.45, 7) is 1.98. The fraction of sp³-hybridized carbons (Fsp3) is 0.154. The van der Waals surface area contributed by atoms with Crippen LogP contribution in [0.15, 0.2) is 82.1 Å². The van der Waals surface area contributed by atoms with Crippen LogP contribution in [0.3, 0.4) is 0 Å². The number of hydrogen-bond donors (Lipinski definition) is 3. The number of thiol groups is 1. The molecular formula is C26H23ClN2O3S. The van der Waals surface area contributed by atoms with E-state index in [4.69, 9.17) is 16.0 Å². The molecule has 7 heteroatoms. The number of aromatic hydroxyl groups is 1. The molecule has 0 saturated carbocycles. The van der Waals surface area contributed by atoms with Crippen molar-refractivity contribution in [3.05, 3.63) is 83.4 Å². The maximum atomic E-state index is 13.4. The summed E-state index contributed by atoms with van der Waals surface area (Å²) in [5, 5.41) is 13.7. The summed E-state index contributed by atoms with van der Waals surface area (Å²) in [6, 6.07) is 21.7. The number of amides is 1. The van der Waals surface area contributed by atoms with Gasteiger partial charge >= 0.3 is 0 Å².